The molecule has 152 valence electrons. The Morgan fingerprint density at radius 1 is 1.32 bits per heavy atom. The van der Waals surface area contributed by atoms with Gasteiger partial charge >= 0.3 is 0 Å². The van der Waals surface area contributed by atoms with E-state index in [1.54, 1.807) is 18.5 Å². The molecule has 8 nitrogen and oxygen atoms in total. The highest BCUT2D eigenvalue weighted by atomic mass is 35.5. The summed E-state index contributed by atoms with van der Waals surface area (Å²) in [5, 5.41) is 11.3. The lowest BCUT2D eigenvalue weighted by Gasteiger charge is -2.31. The summed E-state index contributed by atoms with van der Waals surface area (Å²) >= 11 is 5.85. The number of aryl methyl sites for hydroxylation is 1. The van der Waals surface area contributed by atoms with Crippen LogP contribution in [0.25, 0.3) is 0 Å². The van der Waals surface area contributed by atoms with E-state index in [0.29, 0.717) is 37.4 Å². The summed E-state index contributed by atoms with van der Waals surface area (Å²) in [6.07, 6.45) is 3.57. The van der Waals surface area contributed by atoms with Gasteiger partial charge in [-0.1, -0.05) is 11.6 Å². The summed E-state index contributed by atoms with van der Waals surface area (Å²) in [5.74, 6) is 0.330. The summed E-state index contributed by atoms with van der Waals surface area (Å²) in [6, 6.07) is 6.09. The Morgan fingerprint density at radius 3 is 2.79 bits per heavy atom. The summed E-state index contributed by atoms with van der Waals surface area (Å²) in [6.45, 7) is 3.81. The number of hydrogen-bond acceptors (Lipinski definition) is 5. The molecule has 1 saturated heterocycles. The highest BCUT2D eigenvalue weighted by Gasteiger charge is 2.33. The van der Waals surface area contributed by atoms with E-state index in [1.165, 1.54) is 16.4 Å². The quantitative estimate of drug-likeness (QED) is 0.728. The van der Waals surface area contributed by atoms with Crippen molar-refractivity contribution in [1.82, 2.24) is 24.4 Å². The van der Waals surface area contributed by atoms with Gasteiger partial charge in [-0.2, -0.15) is 4.31 Å². The molecule has 1 amide bonds. The van der Waals surface area contributed by atoms with Crippen molar-refractivity contribution in [2.45, 2.75) is 37.6 Å². The van der Waals surface area contributed by atoms with Crippen molar-refractivity contribution >= 4 is 27.5 Å². The second-order valence-electron chi connectivity index (χ2n) is 6.73. The highest BCUT2D eigenvalue weighted by Crippen LogP contribution is 2.24. The molecule has 3 rings (SSSR count). The van der Waals surface area contributed by atoms with Gasteiger partial charge in [-0.15, -0.1) is 10.2 Å². The Morgan fingerprint density at radius 2 is 2.07 bits per heavy atom. The zero-order valence-electron chi connectivity index (χ0n) is 15.7. The molecule has 1 aliphatic heterocycles. The maximum atomic E-state index is 12.8. The van der Waals surface area contributed by atoms with Crippen LogP contribution in [-0.4, -0.2) is 53.0 Å². The molecule has 0 radical (unpaired) electrons. The van der Waals surface area contributed by atoms with E-state index < -0.39 is 10.0 Å². The van der Waals surface area contributed by atoms with Gasteiger partial charge in [0.25, 0.3) is 0 Å². The Bertz CT molecular complexity index is 914. The Kier molecular flexibility index (Phi) is 6.69. The van der Waals surface area contributed by atoms with Crippen LogP contribution >= 0.6 is 11.6 Å². The van der Waals surface area contributed by atoms with Gasteiger partial charge in [0.05, 0.1) is 10.8 Å². The topological polar surface area (TPSA) is 97.2 Å². The highest BCUT2D eigenvalue weighted by molar-refractivity contribution is 7.89. The first-order valence-corrected chi connectivity index (χ1v) is 11.1. The average Bonchev–Trinajstić information content (AvgIpc) is 3.16. The average molecular weight is 426 g/mol. The number of nitrogens with one attached hydrogen (secondary N) is 1. The van der Waals surface area contributed by atoms with Crippen LogP contribution in [0.5, 0.6) is 0 Å². The van der Waals surface area contributed by atoms with Gasteiger partial charge < -0.3 is 9.88 Å². The van der Waals surface area contributed by atoms with Gasteiger partial charge in [-0.25, -0.2) is 8.42 Å². The summed E-state index contributed by atoms with van der Waals surface area (Å²) in [5.41, 5.74) is 0. The normalized spacial score (nSPS) is 18.1. The third kappa shape index (κ3) is 4.71. The molecule has 1 atom stereocenters. The molecular formula is C18H24ClN5O3S. The second-order valence-corrected chi connectivity index (χ2v) is 9.10. The van der Waals surface area contributed by atoms with Gasteiger partial charge in [0.1, 0.15) is 12.2 Å². The number of nitrogens with zero attached hydrogens (tertiary/aromatic N) is 4. The number of carbonyl (C=O) groups excluding carboxylic acids is 1. The predicted octanol–water partition coefficient (Wildman–Crippen LogP) is 1.71. The molecule has 1 unspecified atom stereocenters. The Hall–Kier alpha value is -1.97. The van der Waals surface area contributed by atoms with E-state index in [-0.39, 0.29) is 23.3 Å². The molecule has 1 N–H and O–H groups in total. The maximum Gasteiger partial charge on any atom is 0.243 e. The molecule has 0 spiro atoms. The molecule has 1 aromatic carbocycles. The lowest BCUT2D eigenvalue weighted by molar-refractivity contribution is -0.126. The molecule has 10 heteroatoms. The second kappa shape index (κ2) is 9.02. The van der Waals surface area contributed by atoms with Crippen molar-refractivity contribution < 1.29 is 13.2 Å². The smallest absolute Gasteiger partial charge is 0.243 e. The molecule has 28 heavy (non-hydrogen) atoms. The molecule has 0 saturated carbocycles. The van der Waals surface area contributed by atoms with Gasteiger partial charge in [0.2, 0.25) is 15.9 Å². The molecule has 1 fully saturated rings. The zero-order chi connectivity index (χ0) is 20.1. The van der Waals surface area contributed by atoms with Crippen molar-refractivity contribution in [2.75, 3.05) is 19.6 Å². The fourth-order valence-electron chi connectivity index (χ4n) is 3.31. The first kappa shape index (κ1) is 20.8. The van der Waals surface area contributed by atoms with Crippen molar-refractivity contribution in [2.24, 2.45) is 5.92 Å². The van der Waals surface area contributed by atoms with E-state index in [9.17, 15) is 13.2 Å². The minimum Gasteiger partial charge on any atom is -0.355 e. The number of sulfonamides is 1. The van der Waals surface area contributed by atoms with Gasteiger partial charge in [0, 0.05) is 37.6 Å². The number of aromatic nitrogens is 3. The molecule has 2 heterocycles. The van der Waals surface area contributed by atoms with Crippen LogP contribution in [0.3, 0.4) is 0 Å². The number of hydrogen-bond donors (Lipinski definition) is 1. The van der Waals surface area contributed by atoms with Crippen LogP contribution in [-0.2, 0) is 27.8 Å². The van der Waals surface area contributed by atoms with E-state index >= 15 is 0 Å². The fourth-order valence-corrected chi connectivity index (χ4v) is 4.96. The third-order valence-corrected chi connectivity index (χ3v) is 7.02. The Labute approximate surface area is 169 Å². The summed E-state index contributed by atoms with van der Waals surface area (Å²) in [4.78, 5) is 12.7. The van der Waals surface area contributed by atoms with Crippen LogP contribution in [0.4, 0.5) is 0 Å². The number of benzene rings is 1. The molecular weight excluding hydrogens is 402 g/mol. The van der Waals surface area contributed by atoms with Crippen molar-refractivity contribution in [3.8, 4) is 0 Å². The predicted molar refractivity (Wildman–Crippen MR) is 105 cm³/mol. The first-order valence-electron chi connectivity index (χ1n) is 9.32. The maximum absolute atomic E-state index is 12.8. The van der Waals surface area contributed by atoms with Gasteiger partial charge in [-0.05, 0) is 44.0 Å². The SMILES string of the molecule is CCn1cnnc1CCNC(=O)C1CCCN(S(=O)(=O)c2ccc(Cl)cc2)C1. The number of rotatable bonds is 7. The molecule has 1 aromatic heterocycles. The molecule has 1 aliphatic rings. The number of amides is 1. The van der Waals surface area contributed by atoms with Gasteiger partial charge in [0.15, 0.2) is 0 Å². The van der Waals surface area contributed by atoms with Crippen LogP contribution < -0.4 is 5.32 Å². The number of piperidine rings is 1. The van der Waals surface area contributed by atoms with Gasteiger partial charge in [-0.3, -0.25) is 4.79 Å². The minimum atomic E-state index is -3.64. The van der Waals surface area contributed by atoms with E-state index in [1.807, 2.05) is 11.5 Å². The van der Waals surface area contributed by atoms with Crippen LogP contribution in [0.15, 0.2) is 35.5 Å². The molecule has 0 aliphatic carbocycles. The lowest BCUT2D eigenvalue weighted by Crippen LogP contribution is -2.45. The molecule has 0 bridgehead atoms. The van der Waals surface area contributed by atoms with Crippen molar-refractivity contribution in [1.29, 1.82) is 0 Å². The standard InChI is InChI=1S/C18H24ClN5O3S/c1-2-23-13-21-22-17(23)9-10-20-18(25)14-4-3-11-24(12-14)28(26,27)16-7-5-15(19)6-8-16/h5-8,13-14H,2-4,9-12H2,1H3,(H,20,25). The largest absolute Gasteiger partial charge is 0.355 e. The first-order chi connectivity index (χ1) is 13.4. The van der Waals surface area contributed by atoms with E-state index in [0.717, 1.165) is 12.4 Å². The lowest BCUT2D eigenvalue weighted by atomic mass is 9.99. The van der Waals surface area contributed by atoms with Crippen LogP contribution in [0.1, 0.15) is 25.6 Å². The van der Waals surface area contributed by atoms with Crippen molar-refractivity contribution in [3.05, 3.63) is 41.4 Å². The summed E-state index contributed by atoms with van der Waals surface area (Å²) in [7, 11) is -3.64. The summed E-state index contributed by atoms with van der Waals surface area (Å²) < 4.78 is 29.0. The zero-order valence-corrected chi connectivity index (χ0v) is 17.3. The van der Waals surface area contributed by atoms with Crippen LogP contribution in [0, 0.1) is 5.92 Å². The number of carbonyl (C=O) groups is 1. The van der Waals surface area contributed by atoms with Crippen molar-refractivity contribution in [3.63, 3.8) is 0 Å². The minimum absolute atomic E-state index is 0.126. The van der Waals surface area contributed by atoms with E-state index in [2.05, 4.69) is 15.5 Å². The molecule has 2 aromatic rings. The fraction of sp³-hybridized carbons (Fsp3) is 0.500. The Balaban J connectivity index is 1.58. The van der Waals surface area contributed by atoms with E-state index in [4.69, 9.17) is 11.6 Å². The van der Waals surface area contributed by atoms with Crippen LogP contribution in [0.2, 0.25) is 5.02 Å². The third-order valence-electron chi connectivity index (χ3n) is 4.89. The monoisotopic (exact) mass is 425 g/mol. The number of halogens is 1.